The van der Waals surface area contributed by atoms with Gasteiger partial charge >= 0.3 is 24.1 Å². The highest BCUT2D eigenvalue weighted by molar-refractivity contribution is 6.00. The number of ether oxygens (including phenoxy) is 2. The minimum atomic E-state index is -5.08. The van der Waals surface area contributed by atoms with Crippen molar-refractivity contribution in [2.45, 2.75) is 33.1 Å². The number of Topliss-reactive ketones (excluding diaryl/α,β-unsaturated/α-hetero) is 2. The highest BCUT2D eigenvalue weighted by Crippen LogP contribution is 2.26. The number of nitrogens with two attached hydrogens (primary N) is 1. The number of halogens is 5. The van der Waals surface area contributed by atoms with Gasteiger partial charge in [0, 0.05) is 37.3 Å². The SMILES string of the molecule is Cc1ccc(N(Cc2ccc(C(=O)CN)cc2)C(=O)N2CCOCC2)c(F)c1.Cc1ccc(N(Cc2ccc(C(=O)CNC(=O)C(F)(F)F)cc2)C(=O)N2CCOCC2)c(F)c1. The molecule has 5 amide bonds. The summed E-state index contributed by atoms with van der Waals surface area (Å²) in [7, 11) is 0. The molecule has 13 nitrogen and oxygen atoms in total. The van der Waals surface area contributed by atoms with Crippen molar-refractivity contribution in [2.24, 2.45) is 5.73 Å². The fourth-order valence-corrected chi connectivity index (χ4v) is 6.46. The number of nitrogens with one attached hydrogen (secondary N) is 1. The summed E-state index contributed by atoms with van der Waals surface area (Å²) in [4.78, 5) is 66.9. The number of aryl methyl sites for hydroxylation is 2. The average molecular weight is 867 g/mol. The van der Waals surface area contributed by atoms with Crippen molar-refractivity contribution < 1.29 is 55.4 Å². The molecule has 6 rings (SSSR count). The number of carbonyl (C=O) groups is 5. The maximum absolute atomic E-state index is 14.7. The Morgan fingerprint density at radius 2 is 1.02 bits per heavy atom. The molecule has 0 spiro atoms. The van der Waals surface area contributed by atoms with Gasteiger partial charge in [-0.1, -0.05) is 60.7 Å². The van der Waals surface area contributed by atoms with Gasteiger partial charge in [0.15, 0.2) is 11.6 Å². The first-order valence-electron chi connectivity index (χ1n) is 19.7. The Kier molecular flexibility index (Phi) is 16.2. The lowest BCUT2D eigenvalue weighted by Gasteiger charge is -2.33. The van der Waals surface area contributed by atoms with E-state index in [1.807, 2.05) is 0 Å². The number of carbonyl (C=O) groups excluding carboxylic acids is 5. The van der Waals surface area contributed by atoms with E-state index in [-0.39, 0.29) is 48.4 Å². The van der Waals surface area contributed by atoms with Crippen LogP contribution in [0.15, 0.2) is 84.9 Å². The molecular weight excluding hydrogens is 820 g/mol. The molecule has 2 saturated heterocycles. The molecule has 3 N–H and O–H groups in total. The smallest absolute Gasteiger partial charge is 0.378 e. The third-order valence-electron chi connectivity index (χ3n) is 9.90. The largest absolute Gasteiger partial charge is 0.471 e. The zero-order valence-corrected chi connectivity index (χ0v) is 34.2. The van der Waals surface area contributed by atoms with Crippen LogP contribution < -0.4 is 20.9 Å². The predicted molar refractivity (Wildman–Crippen MR) is 220 cm³/mol. The fraction of sp³-hybridized carbons (Fsp3) is 0.341. The van der Waals surface area contributed by atoms with E-state index in [1.165, 1.54) is 57.6 Å². The van der Waals surface area contributed by atoms with Crippen molar-refractivity contribution in [1.29, 1.82) is 0 Å². The van der Waals surface area contributed by atoms with Crippen LogP contribution in [0.1, 0.15) is 43.0 Å². The van der Waals surface area contributed by atoms with E-state index in [4.69, 9.17) is 15.2 Å². The molecule has 4 aromatic rings. The second-order valence-electron chi connectivity index (χ2n) is 14.5. The lowest BCUT2D eigenvalue weighted by atomic mass is 10.1. The Labute approximate surface area is 355 Å². The first kappa shape index (κ1) is 46.8. The monoisotopic (exact) mass is 866 g/mol. The number of nitrogens with zero attached hydrogens (tertiary/aromatic N) is 4. The maximum Gasteiger partial charge on any atom is 0.471 e. The van der Waals surface area contributed by atoms with Crippen LogP contribution in [0.2, 0.25) is 0 Å². The van der Waals surface area contributed by atoms with E-state index in [1.54, 1.807) is 66.1 Å². The van der Waals surface area contributed by atoms with Crippen LogP contribution in [0.25, 0.3) is 0 Å². The first-order chi connectivity index (χ1) is 29.5. The molecule has 0 aromatic heterocycles. The molecule has 0 radical (unpaired) electrons. The molecule has 0 aliphatic carbocycles. The van der Waals surface area contributed by atoms with Gasteiger partial charge in [-0.2, -0.15) is 13.2 Å². The van der Waals surface area contributed by atoms with E-state index in [0.29, 0.717) is 69.3 Å². The Bertz CT molecular complexity index is 2210. The number of urea groups is 2. The summed E-state index contributed by atoms with van der Waals surface area (Å²) in [6.07, 6.45) is -5.08. The summed E-state index contributed by atoms with van der Waals surface area (Å²) in [6.45, 7) is 6.17. The van der Waals surface area contributed by atoms with E-state index in [9.17, 15) is 45.9 Å². The minimum Gasteiger partial charge on any atom is -0.378 e. The predicted octanol–water partition coefficient (Wildman–Crippen LogP) is 6.19. The summed E-state index contributed by atoms with van der Waals surface area (Å²) in [6, 6.07) is 21.3. The highest BCUT2D eigenvalue weighted by atomic mass is 19.4. The van der Waals surface area contributed by atoms with Crippen molar-refractivity contribution >= 4 is 40.9 Å². The molecule has 2 heterocycles. The van der Waals surface area contributed by atoms with Crippen molar-refractivity contribution in [2.75, 3.05) is 75.5 Å². The molecule has 0 saturated carbocycles. The van der Waals surface area contributed by atoms with Crippen molar-refractivity contribution in [3.63, 3.8) is 0 Å². The molecule has 4 aromatic carbocycles. The molecule has 330 valence electrons. The topological polar surface area (TPSA) is 155 Å². The number of amides is 5. The summed E-state index contributed by atoms with van der Waals surface area (Å²) >= 11 is 0. The van der Waals surface area contributed by atoms with Crippen molar-refractivity contribution in [1.82, 2.24) is 15.1 Å². The number of rotatable bonds is 11. The standard InChI is InChI=1S/C23H23F4N3O4.C21H24FN3O3/c1-15-2-7-19(18(24)12-15)30(22(33)29-8-10-34-11-9-29)14-16-3-5-17(6-4-16)20(31)13-28-21(32)23(25,26)27;1-15-2-7-19(18(22)12-15)25(21(27)24-8-10-28-11-9-24)14-16-3-5-17(6-4-16)20(26)13-23/h2-7,12H,8-11,13-14H2,1H3,(H,28,32);2-7,12H,8-11,13-14,23H2,1H3. The fourth-order valence-electron chi connectivity index (χ4n) is 6.46. The Morgan fingerprint density at radius 1 is 0.629 bits per heavy atom. The second-order valence-corrected chi connectivity index (χ2v) is 14.5. The normalized spacial score (nSPS) is 14.0. The van der Waals surface area contributed by atoms with Gasteiger partial charge in [-0.25, -0.2) is 18.4 Å². The molecule has 18 heteroatoms. The lowest BCUT2D eigenvalue weighted by molar-refractivity contribution is -0.173. The van der Waals surface area contributed by atoms with E-state index in [0.717, 1.165) is 11.1 Å². The van der Waals surface area contributed by atoms with Gasteiger partial charge in [0.25, 0.3) is 0 Å². The number of benzene rings is 4. The van der Waals surface area contributed by atoms with Crippen LogP contribution in [-0.4, -0.2) is 111 Å². The average Bonchev–Trinajstić information content (AvgIpc) is 3.27. The number of alkyl halides is 3. The summed E-state index contributed by atoms with van der Waals surface area (Å²) in [5.41, 5.74) is 9.14. The van der Waals surface area contributed by atoms with Crippen LogP contribution in [0.5, 0.6) is 0 Å². The molecule has 2 aliphatic heterocycles. The summed E-state index contributed by atoms with van der Waals surface area (Å²) in [5, 5.41) is 1.53. The van der Waals surface area contributed by atoms with E-state index < -0.39 is 42.1 Å². The van der Waals surface area contributed by atoms with E-state index in [2.05, 4.69) is 0 Å². The Morgan fingerprint density at radius 3 is 1.37 bits per heavy atom. The van der Waals surface area contributed by atoms with Gasteiger partial charge < -0.3 is 30.3 Å². The lowest BCUT2D eigenvalue weighted by Crippen LogP contribution is -2.48. The van der Waals surface area contributed by atoms with Gasteiger partial charge in [-0.3, -0.25) is 24.2 Å². The number of hydrogen-bond acceptors (Lipinski definition) is 8. The third-order valence-corrected chi connectivity index (χ3v) is 9.90. The van der Waals surface area contributed by atoms with Crippen LogP contribution in [-0.2, 0) is 27.4 Å². The minimum absolute atomic E-state index is 0.00451. The van der Waals surface area contributed by atoms with Gasteiger partial charge in [-0.15, -0.1) is 0 Å². The number of morpholine rings is 2. The first-order valence-corrected chi connectivity index (χ1v) is 19.7. The van der Waals surface area contributed by atoms with Crippen LogP contribution in [0.4, 0.5) is 42.9 Å². The summed E-state index contributed by atoms with van der Waals surface area (Å²) in [5.74, 6) is -4.08. The van der Waals surface area contributed by atoms with Crippen molar-refractivity contribution in [3.05, 3.63) is 130 Å². The molecule has 62 heavy (non-hydrogen) atoms. The molecule has 2 fully saturated rings. The zero-order valence-electron chi connectivity index (χ0n) is 34.2. The van der Waals surface area contributed by atoms with Gasteiger partial charge in [-0.05, 0) is 60.4 Å². The van der Waals surface area contributed by atoms with Crippen LogP contribution in [0.3, 0.4) is 0 Å². The van der Waals surface area contributed by atoms with Gasteiger partial charge in [0.2, 0.25) is 0 Å². The third kappa shape index (κ3) is 12.7. The number of ketones is 2. The second kappa shape index (κ2) is 21.5. The number of anilines is 2. The summed E-state index contributed by atoms with van der Waals surface area (Å²) < 4.78 is 76.8. The Balaban J connectivity index is 0.000000238. The maximum atomic E-state index is 14.7. The highest BCUT2D eigenvalue weighted by Gasteiger charge is 2.38. The Hall–Kier alpha value is -6.24. The van der Waals surface area contributed by atoms with Gasteiger partial charge in [0.05, 0.1) is 64.0 Å². The zero-order chi connectivity index (χ0) is 45.0. The van der Waals surface area contributed by atoms with Crippen LogP contribution >= 0.6 is 0 Å². The van der Waals surface area contributed by atoms with Gasteiger partial charge in [0.1, 0.15) is 11.6 Å². The van der Waals surface area contributed by atoms with Crippen molar-refractivity contribution in [3.8, 4) is 0 Å². The molecular formula is C44H47F5N6O7. The molecule has 2 aliphatic rings. The van der Waals surface area contributed by atoms with Crippen LogP contribution in [0, 0.1) is 25.5 Å². The number of hydrogen-bond donors (Lipinski definition) is 2. The quantitative estimate of drug-likeness (QED) is 0.134. The molecule has 0 atom stereocenters. The molecule has 0 unspecified atom stereocenters. The van der Waals surface area contributed by atoms with E-state index >= 15 is 0 Å². The molecule has 0 bridgehead atoms.